The predicted octanol–water partition coefficient (Wildman–Crippen LogP) is 4.99. The van der Waals surface area contributed by atoms with E-state index in [2.05, 4.69) is 85.2 Å². The smallest absolute Gasteiger partial charge is 0.231 e. The van der Waals surface area contributed by atoms with Crippen molar-refractivity contribution in [1.29, 1.82) is 0 Å². The van der Waals surface area contributed by atoms with Crippen LogP contribution in [-0.4, -0.2) is 107 Å². The van der Waals surface area contributed by atoms with Crippen LogP contribution in [0.1, 0.15) is 18.4 Å². The molecule has 7 rings (SSSR count). The van der Waals surface area contributed by atoms with Crippen molar-refractivity contribution in [3.8, 4) is 5.75 Å². The van der Waals surface area contributed by atoms with Crippen LogP contribution >= 0.6 is 7.92 Å². The number of pyridine rings is 1. The Kier molecular flexibility index (Phi) is 8.25. The third kappa shape index (κ3) is 5.92. The van der Waals surface area contributed by atoms with Gasteiger partial charge in [-0.2, -0.15) is 9.97 Å². The van der Waals surface area contributed by atoms with Crippen molar-refractivity contribution < 1.29 is 4.74 Å². The van der Waals surface area contributed by atoms with Crippen LogP contribution in [0, 0.1) is 6.92 Å². The molecular formula is C33H43N10OP. The standard InChI is InChI=1S/C33H43N10OP/c1-22-20-26(28(44-3)21-27(22)42-12-7-23(8-13-42)41-18-16-40(2)17-19-41)37-33-38-30-24(6-10-34-30)31(39-33)36-25-9-14-43-15-11-35-32(43)29(25)45(4)5/h6,9-11,14-15,20-21,23H,7-8,12-13,16-19H2,1-5H3,(H3,34,36,37,38,39). The number of nitrogens with zero attached hydrogens (tertiary/aromatic N) is 7. The number of methoxy groups -OCH3 is 1. The first-order valence-electron chi connectivity index (χ1n) is 15.8. The van der Waals surface area contributed by atoms with Gasteiger partial charge in [-0.15, -0.1) is 0 Å². The Bertz CT molecular complexity index is 1800. The Balaban J connectivity index is 1.13. The Morgan fingerprint density at radius 1 is 0.956 bits per heavy atom. The second kappa shape index (κ2) is 12.5. The normalized spacial score (nSPS) is 17.1. The second-order valence-electron chi connectivity index (χ2n) is 12.4. The number of hydrogen-bond acceptors (Lipinski definition) is 9. The Hall–Kier alpha value is -3.92. The van der Waals surface area contributed by atoms with E-state index in [-0.39, 0.29) is 0 Å². The summed E-state index contributed by atoms with van der Waals surface area (Å²) in [6, 6.07) is 9.10. The number of likely N-dealkylation sites (N-methyl/N-ethyl adjacent to an activating group) is 1. The maximum Gasteiger partial charge on any atom is 0.231 e. The van der Waals surface area contributed by atoms with Crippen LogP contribution in [0.25, 0.3) is 16.7 Å². The molecule has 6 heterocycles. The van der Waals surface area contributed by atoms with Crippen molar-refractivity contribution in [3.05, 3.63) is 54.6 Å². The molecule has 3 N–H and O–H groups in total. The number of H-pyrrole nitrogens is 1. The average molecular weight is 627 g/mol. The van der Waals surface area contributed by atoms with Crippen molar-refractivity contribution >= 4 is 58.7 Å². The lowest BCUT2D eigenvalue weighted by Crippen LogP contribution is -2.52. The molecule has 0 amide bonds. The van der Waals surface area contributed by atoms with Crippen LogP contribution in [0.2, 0.25) is 0 Å². The van der Waals surface area contributed by atoms with Crippen LogP contribution in [-0.2, 0) is 0 Å². The van der Waals surface area contributed by atoms with Crippen LogP contribution in [0.5, 0.6) is 5.75 Å². The molecule has 0 radical (unpaired) electrons. The quantitative estimate of drug-likeness (QED) is 0.206. The molecular weight excluding hydrogens is 583 g/mol. The largest absolute Gasteiger partial charge is 0.494 e. The van der Waals surface area contributed by atoms with E-state index >= 15 is 0 Å². The van der Waals surface area contributed by atoms with Crippen molar-refractivity contribution in [1.82, 2.24) is 34.1 Å². The molecule has 1 aromatic carbocycles. The van der Waals surface area contributed by atoms with Crippen LogP contribution in [0.3, 0.4) is 0 Å². The summed E-state index contributed by atoms with van der Waals surface area (Å²) in [5, 5.41) is 9.22. The fourth-order valence-electron chi connectivity index (χ4n) is 6.80. The van der Waals surface area contributed by atoms with E-state index in [9.17, 15) is 0 Å². The lowest BCUT2D eigenvalue weighted by molar-refractivity contribution is 0.0982. The number of ether oxygens (including phenoxy) is 1. The van der Waals surface area contributed by atoms with Gasteiger partial charge in [-0.1, -0.05) is 7.92 Å². The first-order valence-corrected chi connectivity index (χ1v) is 18.0. The number of imidazole rings is 1. The van der Waals surface area contributed by atoms with Gasteiger partial charge in [-0.3, -0.25) is 4.90 Å². The van der Waals surface area contributed by atoms with Gasteiger partial charge in [-0.05, 0) is 63.9 Å². The van der Waals surface area contributed by atoms with Gasteiger partial charge in [0.2, 0.25) is 5.95 Å². The van der Waals surface area contributed by atoms with Gasteiger partial charge in [0.1, 0.15) is 22.9 Å². The molecule has 12 heteroatoms. The number of nitrogens with one attached hydrogen (secondary N) is 3. The third-order valence-electron chi connectivity index (χ3n) is 9.28. The number of rotatable bonds is 8. The summed E-state index contributed by atoms with van der Waals surface area (Å²) < 4.78 is 7.98. The van der Waals surface area contributed by atoms with Gasteiger partial charge < -0.3 is 34.6 Å². The van der Waals surface area contributed by atoms with Gasteiger partial charge in [0.05, 0.1) is 23.9 Å². The van der Waals surface area contributed by atoms with Crippen molar-refractivity contribution in [2.24, 2.45) is 0 Å². The lowest BCUT2D eigenvalue weighted by Gasteiger charge is -2.43. The summed E-state index contributed by atoms with van der Waals surface area (Å²) in [4.78, 5) is 25.3. The molecule has 0 spiro atoms. The highest BCUT2D eigenvalue weighted by molar-refractivity contribution is 7.65. The van der Waals surface area contributed by atoms with Gasteiger partial charge in [0.15, 0.2) is 0 Å². The van der Waals surface area contributed by atoms with Crippen LogP contribution in [0.15, 0.2) is 49.1 Å². The Labute approximate surface area is 265 Å². The zero-order chi connectivity index (χ0) is 31.1. The molecule has 0 saturated carbocycles. The molecule has 236 valence electrons. The molecule has 45 heavy (non-hydrogen) atoms. The van der Waals surface area contributed by atoms with Crippen molar-refractivity contribution in [2.75, 3.05) is 82.3 Å². The zero-order valence-corrected chi connectivity index (χ0v) is 27.7. The van der Waals surface area contributed by atoms with Gasteiger partial charge >= 0.3 is 0 Å². The van der Waals surface area contributed by atoms with E-state index in [1.54, 1.807) is 7.11 Å². The first kappa shape index (κ1) is 29.8. The molecule has 0 unspecified atom stereocenters. The molecule has 0 atom stereocenters. The summed E-state index contributed by atoms with van der Waals surface area (Å²) in [6.45, 7) is 13.5. The topological polar surface area (TPSA) is 102 Å². The summed E-state index contributed by atoms with van der Waals surface area (Å²) in [7, 11) is 3.52. The number of benzene rings is 1. The highest BCUT2D eigenvalue weighted by atomic mass is 31.1. The number of fused-ring (bicyclic) bond motifs is 2. The van der Waals surface area contributed by atoms with E-state index in [4.69, 9.17) is 14.7 Å². The molecule has 2 aliphatic heterocycles. The fourth-order valence-corrected chi connectivity index (χ4v) is 7.98. The maximum atomic E-state index is 5.92. The molecule has 0 aliphatic carbocycles. The number of piperazine rings is 1. The highest BCUT2D eigenvalue weighted by Crippen LogP contribution is 2.37. The minimum atomic E-state index is -0.430. The summed E-state index contributed by atoms with van der Waals surface area (Å²) in [5.74, 6) is 1.99. The van der Waals surface area contributed by atoms with E-state index < -0.39 is 7.92 Å². The number of anilines is 5. The summed E-state index contributed by atoms with van der Waals surface area (Å²) >= 11 is 0. The SMILES string of the molecule is COc1cc(N2CCC(N3CCN(C)CC3)CC2)c(C)cc1Nc1nc(Nc2ccn3ccnc3c2P(C)C)c2cc[nH]c2n1. The van der Waals surface area contributed by atoms with Crippen molar-refractivity contribution in [3.63, 3.8) is 0 Å². The van der Waals surface area contributed by atoms with E-state index in [1.807, 2.05) is 30.9 Å². The second-order valence-corrected chi connectivity index (χ2v) is 14.6. The zero-order valence-electron chi connectivity index (χ0n) is 26.8. The molecule has 0 bridgehead atoms. The van der Waals surface area contributed by atoms with Crippen LogP contribution < -0.4 is 25.6 Å². The molecule has 2 aliphatic rings. The molecule has 2 saturated heterocycles. The van der Waals surface area contributed by atoms with Crippen molar-refractivity contribution in [2.45, 2.75) is 25.8 Å². The Morgan fingerprint density at radius 3 is 2.51 bits per heavy atom. The van der Waals surface area contributed by atoms with E-state index in [0.717, 1.165) is 52.7 Å². The summed E-state index contributed by atoms with van der Waals surface area (Å²) in [6.07, 6.45) is 10.1. The number of hydrogen-bond donors (Lipinski definition) is 3. The highest BCUT2D eigenvalue weighted by Gasteiger charge is 2.28. The first-order chi connectivity index (χ1) is 21.9. The minimum Gasteiger partial charge on any atom is -0.494 e. The monoisotopic (exact) mass is 626 g/mol. The van der Waals surface area contributed by atoms with Gasteiger partial charge in [-0.25, -0.2) is 4.98 Å². The van der Waals surface area contributed by atoms with Gasteiger partial charge in [0, 0.05) is 87.2 Å². The number of piperidine rings is 1. The predicted molar refractivity (Wildman–Crippen MR) is 186 cm³/mol. The maximum absolute atomic E-state index is 5.92. The van der Waals surface area contributed by atoms with Crippen LogP contribution in [0.4, 0.5) is 28.8 Å². The third-order valence-corrected chi connectivity index (χ3v) is 10.6. The number of aromatic nitrogens is 5. The van der Waals surface area contributed by atoms with E-state index in [1.165, 1.54) is 55.6 Å². The average Bonchev–Trinajstić information content (AvgIpc) is 3.72. The molecule has 2 fully saturated rings. The minimum absolute atomic E-state index is 0.430. The fraction of sp³-hybridized carbons (Fsp3) is 0.424. The van der Waals surface area contributed by atoms with Gasteiger partial charge in [0.25, 0.3) is 0 Å². The van der Waals surface area contributed by atoms with E-state index in [0.29, 0.717) is 12.0 Å². The number of aromatic amines is 1. The lowest BCUT2D eigenvalue weighted by atomic mass is 10.0. The molecule has 5 aromatic rings. The molecule has 11 nitrogen and oxygen atoms in total. The molecule has 4 aromatic heterocycles. The Morgan fingerprint density at radius 2 is 1.76 bits per heavy atom. The summed E-state index contributed by atoms with van der Waals surface area (Å²) in [5.41, 5.74) is 6.00. The number of aryl methyl sites for hydroxylation is 1.